The van der Waals surface area contributed by atoms with Crippen LogP contribution >= 0.6 is 0 Å². The van der Waals surface area contributed by atoms with Gasteiger partial charge in [-0.05, 0) is 31.2 Å². The van der Waals surface area contributed by atoms with Crippen LogP contribution in [-0.2, 0) is 0 Å². The first-order valence-corrected chi connectivity index (χ1v) is 9.76. The van der Waals surface area contributed by atoms with Gasteiger partial charge in [-0.15, -0.1) is 0 Å². The fourth-order valence-electron chi connectivity index (χ4n) is 3.53. The molecule has 0 atom stereocenters. The number of oxazole rings is 1. The molecule has 3 aromatic heterocycles. The summed E-state index contributed by atoms with van der Waals surface area (Å²) < 4.78 is 10.9. The Kier molecular flexibility index (Phi) is 4.42. The van der Waals surface area contributed by atoms with Crippen molar-refractivity contribution in [3.05, 3.63) is 53.5 Å². The van der Waals surface area contributed by atoms with Crippen LogP contribution in [0.15, 0.2) is 45.3 Å². The summed E-state index contributed by atoms with van der Waals surface area (Å²) >= 11 is 0. The number of anilines is 1. The highest BCUT2D eigenvalue weighted by Crippen LogP contribution is 2.23. The molecule has 30 heavy (non-hydrogen) atoms. The topological polar surface area (TPSA) is 101 Å². The maximum atomic E-state index is 13.0. The Labute approximate surface area is 172 Å². The van der Waals surface area contributed by atoms with E-state index in [9.17, 15) is 4.79 Å². The van der Waals surface area contributed by atoms with Crippen LogP contribution in [0.1, 0.15) is 21.9 Å². The minimum Gasteiger partial charge on any atom is -0.422 e. The number of rotatable bonds is 3. The van der Waals surface area contributed by atoms with Crippen molar-refractivity contribution in [1.29, 1.82) is 0 Å². The molecule has 1 aromatic carbocycles. The molecule has 0 unspecified atom stereocenters. The molecular formula is C21H20N6O3. The summed E-state index contributed by atoms with van der Waals surface area (Å²) in [5.41, 5.74) is 3.53. The Bertz CT molecular complexity index is 1220. The Hall–Kier alpha value is -3.75. The molecule has 1 fully saturated rings. The van der Waals surface area contributed by atoms with Crippen LogP contribution < -0.4 is 4.90 Å². The summed E-state index contributed by atoms with van der Waals surface area (Å²) in [5, 5.41) is 3.93. The van der Waals surface area contributed by atoms with Gasteiger partial charge >= 0.3 is 0 Å². The van der Waals surface area contributed by atoms with Crippen LogP contribution in [0.5, 0.6) is 0 Å². The van der Waals surface area contributed by atoms with Crippen molar-refractivity contribution in [3.8, 4) is 11.4 Å². The largest absolute Gasteiger partial charge is 0.422 e. The fourth-order valence-corrected chi connectivity index (χ4v) is 3.53. The lowest BCUT2D eigenvalue weighted by Crippen LogP contribution is -2.48. The van der Waals surface area contributed by atoms with Gasteiger partial charge in [0.25, 0.3) is 11.9 Å². The summed E-state index contributed by atoms with van der Waals surface area (Å²) in [6.45, 7) is 6.10. The maximum Gasteiger partial charge on any atom is 0.300 e. The minimum absolute atomic E-state index is 0.0217. The Morgan fingerprint density at radius 2 is 1.83 bits per heavy atom. The summed E-state index contributed by atoms with van der Waals surface area (Å²) in [7, 11) is 0. The van der Waals surface area contributed by atoms with E-state index in [4.69, 9.17) is 8.94 Å². The van der Waals surface area contributed by atoms with Crippen molar-refractivity contribution in [1.82, 2.24) is 25.0 Å². The lowest BCUT2D eigenvalue weighted by Gasteiger charge is -2.33. The summed E-state index contributed by atoms with van der Waals surface area (Å²) in [5.74, 6) is 0.945. The van der Waals surface area contributed by atoms with Crippen LogP contribution in [0.3, 0.4) is 0 Å². The van der Waals surface area contributed by atoms with E-state index in [0.717, 1.165) is 11.3 Å². The van der Waals surface area contributed by atoms with Gasteiger partial charge in [-0.25, -0.2) is 4.98 Å². The molecule has 1 amide bonds. The Morgan fingerprint density at radius 3 is 2.60 bits per heavy atom. The number of nitrogens with zero attached hydrogens (tertiary/aromatic N) is 6. The minimum atomic E-state index is -0.0217. The van der Waals surface area contributed by atoms with E-state index in [2.05, 4.69) is 20.1 Å². The van der Waals surface area contributed by atoms with E-state index in [1.54, 1.807) is 19.1 Å². The molecule has 9 heteroatoms. The van der Waals surface area contributed by atoms with E-state index in [1.165, 1.54) is 0 Å². The standard InChI is InChI=1S/C21H20N6O3/c1-13-6-7-17-19(22-13)24-21(29-17)27-10-8-26(9-11-27)20(28)16-5-3-4-15(12-16)18-23-14(2)30-25-18/h3-7,12H,8-11H2,1-2H3. The Morgan fingerprint density at radius 1 is 1.00 bits per heavy atom. The molecule has 1 saturated heterocycles. The smallest absolute Gasteiger partial charge is 0.300 e. The van der Waals surface area contributed by atoms with Crippen LogP contribution in [0.25, 0.3) is 22.6 Å². The van der Waals surface area contributed by atoms with E-state index in [1.807, 2.05) is 41.0 Å². The third-order valence-electron chi connectivity index (χ3n) is 5.11. The van der Waals surface area contributed by atoms with Crippen molar-refractivity contribution >= 4 is 23.2 Å². The van der Waals surface area contributed by atoms with Gasteiger partial charge in [0, 0.05) is 49.9 Å². The van der Waals surface area contributed by atoms with Gasteiger partial charge in [-0.3, -0.25) is 4.79 Å². The number of benzene rings is 1. The molecule has 0 bridgehead atoms. The molecule has 1 aliphatic rings. The average Bonchev–Trinajstić information content (AvgIpc) is 3.39. The molecule has 9 nitrogen and oxygen atoms in total. The van der Waals surface area contributed by atoms with Crippen molar-refractivity contribution in [2.24, 2.45) is 0 Å². The number of aromatic nitrogens is 4. The van der Waals surface area contributed by atoms with E-state index >= 15 is 0 Å². The third-order valence-corrected chi connectivity index (χ3v) is 5.11. The van der Waals surface area contributed by atoms with Gasteiger partial charge in [-0.2, -0.15) is 9.97 Å². The first kappa shape index (κ1) is 18.3. The number of amides is 1. The molecular weight excluding hydrogens is 384 g/mol. The highest BCUT2D eigenvalue weighted by Gasteiger charge is 2.25. The molecule has 0 radical (unpaired) electrons. The third kappa shape index (κ3) is 3.38. The second-order valence-corrected chi connectivity index (χ2v) is 7.27. The van der Waals surface area contributed by atoms with E-state index in [0.29, 0.717) is 60.7 Å². The zero-order valence-corrected chi connectivity index (χ0v) is 16.7. The molecule has 0 N–H and O–H groups in total. The lowest BCUT2D eigenvalue weighted by atomic mass is 10.1. The summed E-state index contributed by atoms with van der Waals surface area (Å²) in [6.07, 6.45) is 0. The normalized spacial score (nSPS) is 14.5. The van der Waals surface area contributed by atoms with Gasteiger partial charge in [0.1, 0.15) is 0 Å². The number of carbonyl (C=O) groups excluding carboxylic acids is 1. The maximum absolute atomic E-state index is 13.0. The SMILES string of the molecule is Cc1ccc2oc(N3CCN(C(=O)c4cccc(-c5noc(C)n5)c4)CC3)nc2n1. The molecule has 0 spiro atoms. The first-order valence-electron chi connectivity index (χ1n) is 9.76. The predicted octanol–water partition coefficient (Wildman–Crippen LogP) is 2.85. The van der Waals surface area contributed by atoms with Crippen LogP contribution in [0, 0.1) is 13.8 Å². The molecule has 1 aliphatic heterocycles. The molecule has 4 aromatic rings. The zero-order valence-electron chi connectivity index (χ0n) is 16.7. The fraction of sp³-hybridized carbons (Fsp3) is 0.286. The Balaban J connectivity index is 1.28. The van der Waals surface area contributed by atoms with Crippen LogP contribution in [-0.4, -0.2) is 57.1 Å². The second kappa shape index (κ2) is 7.25. The zero-order chi connectivity index (χ0) is 20.7. The lowest BCUT2D eigenvalue weighted by molar-refractivity contribution is 0.0745. The van der Waals surface area contributed by atoms with Gasteiger partial charge in [0.05, 0.1) is 0 Å². The van der Waals surface area contributed by atoms with Gasteiger partial charge in [0.15, 0.2) is 5.58 Å². The van der Waals surface area contributed by atoms with Gasteiger partial charge in [0.2, 0.25) is 17.4 Å². The average molecular weight is 404 g/mol. The summed E-state index contributed by atoms with van der Waals surface area (Å²) in [4.78, 5) is 30.0. The van der Waals surface area contributed by atoms with E-state index in [-0.39, 0.29) is 5.91 Å². The number of pyridine rings is 1. The quantitative estimate of drug-likeness (QED) is 0.514. The number of carbonyl (C=O) groups is 1. The molecule has 0 saturated carbocycles. The highest BCUT2D eigenvalue weighted by molar-refractivity contribution is 5.95. The number of aryl methyl sites for hydroxylation is 2. The van der Waals surface area contributed by atoms with Crippen molar-refractivity contribution < 1.29 is 13.7 Å². The number of hydrogen-bond acceptors (Lipinski definition) is 8. The predicted molar refractivity (Wildman–Crippen MR) is 109 cm³/mol. The van der Waals surface area contributed by atoms with Crippen molar-refractivity contribution in [2.75, 3.05) is 31.1 Å². The number of fused-ring (bicyclic) bond motifs is 1. The van der Waals surface area contributed by atoms with Crippen molar-refractivity contribution in [2.45, 2.75) is 13.8 Å². The number of hydrogen-bond donors (Lipinski definition) is 0. The van der Waals surface area contributed by atoms with E-state index < -0.39 is 0 Å². The monoisotopic (exact) mass is 404 g/mol. The van der Waals surface area contributed by atoms with Crippen LogP contribution in [0.4, 0.5) is 6.01 Å². The highest BCUT2D eigenvalue weighted by atomic mass is 16.5. The second-order valence-electron chi connectivity index (χ2n) is 7.27. The number of piperazine rings is 1. The molecule has 5 rings (SSSR count). The van der Waals surface area contributed by atoms with Gasteiger partial charge < -0.3 is 18.7 Å². The first-order chi connectivity index (χ1) is 14.6. The van der Waals surface area contributed by atoms with Gasteiger partial charge in [-0.1, -0.05) is 17.3 Å². The summed E-state index contributed by atoms with van der Waals surface area (Å²) in [6, 6.07) is 11.6. The van der Waals surface area contributed by atoms with Crippen LogP contribution in [0.2, 0.25) is 0 Å². The molecule has 0 aliphatic carbocycles. The van der Waals surface area contributed by atoms with Crippen molar-refractivity contribution in [3.63, 3.8) is 0 Å². The molecule has 4 heterocycles. The molecule has 152 valence electrons.